The number of sulfonamides is 1. The predicted molar refractivity (Wildman–Crippen MR) is 144 cm³/mol. The molecule has 5 rings (SSSR count). The first-order chi connectivity index (χ1) is 18.6. The second kappa shape index (κ2) is 10.5. The Morgan fingerprint density at radius 3 is 2.64 bits per heavy atom. The number of Topliss-reactive ketones (excluding diaryl/α,β-unsaturated/α-hetero) is 1. The third-order valence-electron chi connectivity index (χ3n) is 7.45. The zero-order valence-electron chi connectivity index (χ0n) is 22.2. The fraction of sp³-hybridized carbons (Fsp3) is 0.429. The number of amides is 2. The van der Waals surface area contributed by atoms with Crippen LogP contribution in [-0.4, -0.2) is 71.4 Å². The molecular weight excluding hydrogens is 520 g/mol. The van der Waals surface area contributed by atoms with E-state index in [4.69, 9.17) is 4.42 Å². The van der Waals surface area contributed by atoms with E-state index in [0.29, 0.717) is 29.6 Å². The Hall–Kier alpha value is -3.57. The largest absolute Gasteiger partial charge is 0.451 e. The molecule has 2 aliphatic rings. The van der Waals surface area contributed by atoms with Gasteiger partial charge in [0.15, 0.2) is 11.5 Å². The van der Waals surface area contributed by atoms with Gasteiger partial charge in [0.2, 0.25) is 15.9 Å². The van der Waals surface area contributed by atoms with Crippen molar-refractivity contribution >= 4 is 38.6 Å². The standard InChI is InChI=1S/C28H32N4O6S/c1-17(2)13-21(30-27(34)26-18(3)20-8-4-5-9-24(20)38-26)28(35)31-12-10-22-25(31)23(33)15-32(22)39(36,37)16-19-7-6-11-29-14-19/h4-9,11,14,17,21-22,25H,10,12-13,15-16H2,1-3H3,(H,30,34). The number of carbonyl (C=O) groups excluding carboxylic acids is 3. The molecule has 0 radical (unpaired) electrons. The first kappa shape index (κ1) is 27.0. The highest BCUT2D eigenvalue weighted by atomic mass is 32.2. The second-order valence-corrected chi connectivity index (χ2v) is 12.6. The number of benzene rings is 1. The van der Waals surface area contributed by atoms with E-state index in [1.165, 1.54) is 15.4 Å². The van der Waals surface area contributed by atoms with E-state index >= 15 is 0 Å². The summed E-state index contributed by atoms with van der Waals surface area (Å²) >= 11 is 0. The molecule has 10 nitrogen and oxygen atoms in total. The van der Waals surface area contributed by atoms with Crippen molar-refractivity contribution in [3.63, 3.8) is 0 Å². The summed E-state index contributed by atoms with van der Waals surface area (Å²) in [5.74, 6) is -1.26. The number of rotatable bonds is 8. The molecule has 4 heterocycles. The van der Waals surface area contributed by atoms with Crippen LogP contribution in [0.1, 0.15) is 48.4 Å². The summed E-state index contributed by atoms with van der Waals surface area (Å²) in [5, 5.41) is 3.66. The molecule has 2 aliphatic heterocycles. The highest BCUT2D eigenvalue weighted by Gasteiger charge is 2.54. The molecule has 2 fully saturated rings. The number of carbonyl (C=O) groups is 3. The second-order valence-electron chi connectivity index (χ2n) is 10.7. The van der Waals surface area contributed by atoms with E-state index in [1.54, 1.807) is 31.3 Å². The zero-order chi connectivity index (χ0) is 27.9. The smallest absolute Gasteiger partial charge is 0.287 e. The first-order valence-electron chi connectivity index (χ1n) is 13.1. The molecule has 2 amide bonds. The number of hydrogen-bond donors (Lipinski definition) is 1. The van der Waals surface area contributed by atoms with Crippen molar-refractivity contribution in [2.45, 2.75) is 57.5 Å². The van der Waals surface area contributed by atoms with Crippen LogP contribution in [0.15, 0.2) is 53.2 Å². The van der Waals surface area contributed by atoms with Crippen molar-refractivity contribution in [1.82, 2.24) is 19.5 Å². The molecule has 3 unspecified atom stereocenters. The lowest BCUT2D eigenvalue weighted by Crippen LogP contribution is -2.53. The molecule has 0 aliphatic carbocycles. The Labute approximate surface area is 227 Å². The summed E-state index contributed by atoms with van der Waals surface area (Å²) in [5.41, 5.74) is 1.79. The van der Waals surface area contributed by atoms with Crippen molar-refractivity contribution < 1.29 is 27.2 Å². The number of ketones is 1. The molecule has 2 aromatic heterocycles. The van der Waals surface area contributed by atoms with Crippen molar-refractivity contribution in [1.29, 1.82) is 0 Å². The number of fused-ring (bicyclic) bond motifs is 2. The summed E-state index contributed by atoms with van der Waals surface area (Å²) < 4.78 is 33.5. The molecule has 206 valence electrons. The van der Waals surface area contributed by atoms with Crippen LogP contribution < -0.4 is 5.32 Å². The summed E-state index contributed by atoms with van der Waals surface area (Å²) in [6, 6.07) is 8.27. The van der Waals surface area contributed by atoms with E-state index in [2.05, 4.69) is 10.3 Å². The fourth-order valence-corrected chi connectivity index (χ4v) is 7.38. The maximum Gasteiger partial charge on any atom is 0.287 e. The van der Waals surface area contributed by atoms with Gasteiger partial charge in [0.25, 0.3) is 5.91 Å². The van der Waals surface area contributed by atoms with Gasteiger partial charge in [0.05, 0.1) is 18.3 Å². The molecule has 0 saturated carbocycles. The lowest BCUT2D eigenvalue weighted by molar-refractivity contribution is -0.138. The number of para-hydroxylation sites is 1. The number of nitrogens with zero attached hydrogens (tertiary/aromatic N) is 3. The first-order valence-corrected chi connectivity index (χ1v) is 14.7. The molecule has 39 heavy (non-hydrogen) atoms. The van der Waals surface area contributed by atoms with E-state index in [9.17, 15) is 22.8 Å². The number of aryl methyl sites for hydroxylation is 1. The van der Waals surface area contributed by atoms with Crippen LogP contribution in [0.2, 0.25) is 0 Å². The van der Waals surface area contributed by atoms with Gasteiger partial charge in [-0.1, -0.05) is 38.1 Å². The molecule has 1 aromatic carbocycles. The van der Waals surface area contributed by atoms with Crippen LogP contribution in [0.3, 0.4) is 0 Å². The summed E-state index contributed by atoms with van der Waals surface area (Å²) in [7, 11) is -3.81. The summed E-state index contributed by atoms with van der Waals surface area (Å²) in [6.45, 7) is 5.63. The third kappa shape index (κ3) is 5.20. The number of pyridine rings is 1. The number of likely N-dealkylation sites (tertiary alicyclic amines) is 1. The minimum Gasteiger partial charge on any atom is -0.451 e. The van der Waals surface area contributed by atoms with Gasteiger partial charge in [-0.25, -0.2) is 8.42 Å². The number of furan rings is 1. The fourth-order valence-electron chi connectivity index (χ4n) is 5.67. The van der Waals surface area contributed by atoms with Gasteiger partial charge in [0, 0.05) is 29.9 Å². The quantitative estimate of drug-likeness (QED) is 0.455. The summed E-state index contributed by atoms with van der Waals surface area (Å²) in [4.78, 5) is 45.6. The predicted octanol–water partition coefficient (Wildman–Crippen LogP) is 2.66. The molecule has 0 bridgehead atoms. The topological polar surface area (TPSA) is 130 Å². The molecule has 0 spiro atoms. The van der Waals surface area contributed by atoms with Gasteiger partial charge in [-0.2, -0.15) is 4.31 Å². The molecule has 3 aromatic rings. The Morgan fingerprint density at radius 2 is 1.95 bits per heavy atom. The molecular formula is C28H32N4O6S. The van der Waals surface area contributed by atoms with Crippen LogP contribution in [0, 0.1) is 12.8 Å². The molecule has 11 heteroatoms. The van der Waals surface area contributed by atoms with Crippen LogP contribution in [0.5, 0.6) is 0 Å². The Bertz CT molecular complexity index is 1520. The molecule has 1 N–H and O–H groups in total. The number of hydrogen-bond acceptors (Lipinski definition) is 7. The van der Waals surface area contributed by atoms with Gasteiger partial charge in [-0.05, 0) is 43.4 Å². The van der Waals surface area contributed by atoms with Gasteiger partial charge >= 0.3 is 0 Å². The van der Waals surface area contributed by atoms with E-state index in [1.807, 2.05) is 32.0 Å². The maximum absolute atomic E-state index is 13.8. The molecule has 2 saturated heterocycles. The highest BCUT2D eigenvalue weighted by Crippen LogP contribution is 2.33. The Balaban J connectivity index is 1.35. The minimum atomic E-state index is -3.81. The van der Waals surface area contributed by atoms with Gasteiger partial charge in [-0.15, -0.1) is 0 Å². The van der Waals surface area contributed by atoms with Gasteiger partial charge in [-0.3, -0.25) is 19.4 Å². The number of aromatic nitrogens is 1. The van der Waals surface area contributed by atoms with Crippen molar-refractivity contribution in [3.05, 3.63) is 65.7 Å². The minimum absolute atomic E-state index is 0.0741. The van der Waals surface area contributed by atoms with Crippen LogP contribution in [0.25, 0.3) is 11.0 Å². The van der Waals surface area contributed by atoms with Gasteiger partial charge in [0.1, 0.15) is 17.7 Å². The highest BCUT2D eigenvalue weighted by molar-refractivity contribution is 7.88. The summed E-state index contributed by atoms with van der Waals surface area (Å²) in [6.07, 6.45) is 3.75. The van der Waals surface area contributed by atoms with Crippen LogP contribution in [-0.2, 0) is 25.4 Å². The maximum atomic E-state index is 13.8. The Morgan fingerprint density at radius 1 is 1.18 bits per heavy atom. The lowest BCUT2D eigenvalue weighted by Gasteiger charge is -2.29. The third-order valence-corrected chi connectivity index (χ3v) is 9.26. The SMILES string of the molecule is Cc1c(C(=O)NC(CC(C)C)C(=O)N2CCC3C2C(=O)CN3S(=O)(=O)Cc2cccnc2)oc2ccccc12. The van der Waals surface area contributed by atoms with Crippen molar-refractivity contribution in [2.75, 3.05) is 13.1 Å². The average Bonchev–Trinajstić information content (AvgIpc) is 3.57. The van der Waals surface area contributed by atoms with E-state index < -0.39 is 40.0 Å². The van der Waals surface area contributed by atoms with Crippen LogP contribution in [0.4, 0.5) is 0 Å². The van der Waals surface area contributed by atoms with Gasteiger partial charge < -0.3 is 14.6 Å². The Kier molecular flexibility index (Phi) is 7.30. The normalized spacial score (nSPS) is 20.5. The van der Waals surface area contributed by atoms with E-state index in [-0.39, 0.29) is 36.3 Å². The average molecular weight is 553 g/mol. The number of nitrogens with one attached hydrogen (secondary N) is 1. The van der Waals surface area contributed by atoms with Crippen LogP contribution >= 0.6 is 0 Å². The monoisotopic (exact) mass is 552 g/mol. The lowest BCUT2D eigenvalue weighted by atomic mass is 10.0. The van der Waals surface area contributed by atoms with E-state index in [0.717, 1.165) is 5.39 Å². The molecule has 3 atom stereocenters. The van der Waals surface area contributed by atoms with Crippen molar-refractivity contribution in [3.8, 4) is 0 Å². The van der Waals surface area contributed by atoms with Crippen molar-refractivity contribution in [2.24, 2.45) is 5.92 Å². The zero-order valence-corrected chi connectivity index (χ0v) is 23.0.